The summed E-state index contributed by atoms with van der Waals surface area (Å²) < 4.78 is 14.9. The molecule has 1 aromatic heterocycles. The maximum absolute atomic E-state index is 14.9. The largest absolute Gasteiger partial charge is 0.507 e. The number of piperidine rings is 2. The Morgan fingerprint density at radius 2 is 1.49 bits per heavy atom. The van der Waals surface area contributed by atoms with Gasteiger partial charge < -0.3 is 25.5 Å². The third-order valence-corrected chi connectivity index (χ3v) is 6.80. The molecule has 5 rings (SSSR count). The van der Waals surface area contributed by atoms with Crippen LogP contribution in [-0.2, 0) is 0 Å². The number of hydrogen-bond donors (Lipinski definition) is 3. The van der Waals surface area contributed by atoms with Crippen molar-refractivity contribution in [1.29, 1.82) is 0 Å². The Morgan fingerprint density at radius 3 is 2.05 bits per heavy atom. The normalized spacial score (nSPS) is 15.9. The fourth-order valence-corrected chi connectivity index (χ4v) is 4.76. The zero-order valence-electron chi connectivity index (χ0n) is 20.4. The van der Waals surface area contributed by atoms with Crippen LogP contribution in [0.1, 0.15) is 48.9 Å². The van der Waals surface area contributed by atoms with Gasteiger partial charge in [0, 0.05) is 36.9 Å². The second kappa shape index (κ2) is 11.2. The molecule has 37 heavy (non-hydrogen) atoms. The minimum Gasteiger partial charge on any atom is -0.507 e. The Balaban J connectivity index is 1.36. The van der Waals surface area contributed by atoms with E-state index in [4.69, 9.17) is 16.6 Å². The molecule has 2 aromatic carbocycles. The van der Waals surface area contributed by atoms with Gasteiger partial charge in [-0.2, -0.15) is 15.0 Å². The van der Waals surface area contributed by atoms with Crippen molar-refractivity contribution in [3.8, 4) is 5.75 Å². The maximum atomic E-state index is 14.9. The van der Waals surface area contributed by atoms with Crippen LogP contribution in [0.4, 0.5) is 33.6 Å². The molecule has 0 saturated carbocycles. The SMILES string of the molecule is O=C(Nc1ccc(Nc2nc(N3CCCCC3)nc(N3CCCCC3)n2)cc1F)c1ccc(Cl)cc1O. The van der Waals surface area contributed by atoms with E-state index in [2.05, 4.69) is 30.4 Å². The number of carbonyl (C=O) groups excluding carboxylic acids is 1. The molecule has 3 heterocycles. The van der Waals surface area contributed by atoms with Crippen LogP contribution in [0, 0.1) is 5.82 Å². The number of amides is 1. The van der Waals surface area contributed by atoms with Gasteiger partial charge in [-0.25, -0.2) is 4.39 Å². The van der Waals surface area contributed by atoms with Crippen molar-refractivity contribution in [1.82, 2.24) is 15.0 Å². The summed E-state index contributed by atoms with van der Waals surface area (Å²) in [6.07, 6.45) is 6.79. The summed E-state index contributed by atoms with van der Waals surface area (Å²) in [7, 11) is 0. The van der Waals surface area contributed by atoms with Gasteiger partial charge in [0.25, 0.3) is 5.91 Å². The molecule has 0 aliphatic carbocycles. The van der Waals surface area contributed by atoms with Crippen LogP contribution in [0.5, 0.6) is 5.75 Å². The molecule has 3 N–H and O–H groups in total. The first-order chi connectivity index (χ1) is 18.0. The van der Waals surface area contributed by atoms with Crippen molar-refractivity contribution in [2.75, 3.05) is 46.6 Å². The van der Waals surface area contributed by atoms with Crippen LogP contribution < -0.4 is 20.4 Å². The number of aromatic nitrogens is 3. The number of phenolic OH excluding ortho intramolecular Hbond substituents is 1. The summed E-state index contributed by atoms with van der Waals surface area (Å²) >= 11 is 5.82. The van der Waals surface area contributed by atoms with Gasteiger partial charge in [0.2, 0.25) is 17.8 Å². The van der Waals surface area contributed by atoms with Crippen molar-refractivity contribution in [2.45, 2.75) is 38.5 Å². The first kappa shape index (κ1) is 25.0. The summed E-state index contributed by atoms with van der Waals surface area (Å²) in [6, 6.07) is 8.45. The smallest absolute Gasteiger partial charge is 0.259 e. The first-order valence-corrected chi connectivity index (χ1v) is 13.0. The Labute approximate surface area is 219 Å². The quantitative estimate of drug-likeness (QED) is 0.395. The molecule has 194 valence electrons. The molecule has 2 aliphatic heterocycles. The van der Waals surface area contributed by atoms with Crippen molar-refractivity contribution in [2.24, 2.45) is 0 Å². The number of anilines is 5. The average Bonchev–Trinajstić information content (AvgIpc) is 2.91. The zero-order valence-corrected chi connectivity index (χ0v) is 21.1. The summed E-state index contributed by atoms with van der Waals surface area (Å²) in [4.78, 5) is 30.9. The van der Waals surface area contributed by atoms with E-state index < -0.39 is 11.7 Å². The molecular weight excluding hydrogens is 497 g/mol. The van der Waals surface area contributed by atoms with E-state index in [1.165, 1.54) is 43.2 Å². The fourth-order valence-electron chi connectivity index (χ4n) is 4.59. The number of halogens is 2. The Morgan fingerprint density at radius 1 is 0.865 bits per heavy atom. The van der Waals surface area contributed by atoms with Crippen molar-refractivity contribution in [3.05, 3.63) is 52.8 Å². The summed E-state index contributed by atoms with van der Waals surface area (Å²) in [5, 5.41) is 15.9. The van der Waals surface area contributed by atoms with E-state index in [1.807, 2.05) is 0 Å². The number of phenols is 1. The van der Waals surface area contributed by atoms with Gasteiger partial charge in [-0.05, 0) is 74.9 Å². The lowest BCUT2D eigenvalue weighted by molar-refractivity contribution is 0.102. The van der Waals surface area contributed by atoms with Crippen molar-refractivity contribution < 1.29 is 14.3 Å². The number of nitrogens with zero attached hydrogens (tertiary/aromatic N) is 5. The number of hydrogen-bond acceptors (Lipinski definition) is 8. The van der Waals surface area contributed by atoms with Gasteiger partial charge in [0.05, 0.1) is 11.3 Å². The topological polar surface area (TPSA) is 107 Å². The highest BCUT2D eigenvalue weighted by Crippen LogP contribution is 2.27. The Hall–Kier alpha value is -3.66. The van der Waals surface area contributed by atoms with Crippen LogP contribution in [0.3, 0.4) is 0 Å². The van der Waals surface area contributed by atoms with E-state index >= 15 is 0 Å². The number of aromatic hydroxyl groups is 1. The molecule has 2 aliphatic rings. The molecule has 0 spiro atoms. The molecule has 3 aromatic rings. The van der Waals surface area contributed by atoms with Gasteiger partial charge in [-0.1, -0.05) is 11.6 Å². The number of benzene rings is 2. The summed E-state index contributed by atoms with van der Waals surface area (Å²) in [5.74, 6) is 0.0257. The van der Waals surface area contributed by atoms with Crippen molar-refractivity contribution >= 4 is 46.7 Å². The maximum Gasteiger partial charge on any atom is 0.259 e. The van der Waals surface area contributed by atoms with E-state index in [-0.39, 0.29) is 17.0 Å². The molecule has 2 saturated heterocycles. The lowest BCUT2D eigenvalue weighted by Gasteiger charge is -2.30. The van der Waals surface area contributed by atoms with Crippen LogP contribution in [0.25, 0.3) is 0 Å². The molecule has 0 unspecified atom stereocenters. The van der Waals surface area contributed by atoms with E-state index in [1.54, 1.807) is 6.07 Å². The minimum atomic E-state index is -0.649. The molecule has 11 heteroatoms. The third kappa shape index (κ3) is 6.02. The van der Waals surface area contributed by atoms with E-state index in [0.717, 1.165) is 51.9 Å². The van der Waals surface area contributed by atoms with Gasteiger partial charge in [-0.15, -0.1) is 0 Å². The number of carbonyl (C=O) groups is 1. The molecule has 0 atom stereocenters. The summed E-state index contributed by atoms with van der Waals surface area (Å²) in [6.45, 7) is 3.59. The molecule has 9 nitrogen and oxygen atoms in total. The predicted molar refractivity (Wildman–Crippen MR) is 143 cm³/mol. The zero-order chi connectivity index (χ0) is 25.8. The Kier molecular flexibility index (Phi) is 7.55. The van der Waals surface area contributed by atoms with E-state index in [0.29, 0.717) is 28.6 Å². The molecular formula is C26H29ClFN7O2. The lowest BCUT2D eigenvalue weighted by Crippen LogP contribution is -2.34. The third-order valence-electron chi connectivity index (χ3n) is 6.57. The van der Waals surface area contributed by atoms with Crippen LogP contribution in [0.15, 0.2) is 36.4 Å². The van der Waals surface area contributed by atoms with E-state index in [9.17, 15) is 14.3 Å². The first-order valence-electron chi connectivity index (χ1n) is 12.6. The van der Waals surface area contributed by atoms with Gasteiger partial charge >= 0.3 is 0 Å². The average molecular weight is 526 g/mol. The van der Waals surface area contributed by atoms with Gasteiger partial charge in [-0.3, -0.25) is 4.79 Å². The Bertz CT molecular complexity index is 1240. The number of nitrogens with one attached hydrogen (secondary N) is 2. The monoisotopic (exact) mass is 525 g/mol. The highest BCUT2D eigenvalue weighted by molar-refractivity contribution is 6.31. The molecule has 1 amide bonds. The highest BCUT2D eigenvalue weighted by Gasteiger charge is 2.21. The van der Waals surface area contributed by atoms with Crippen LogP contribution in [0.2, 0.25) is 5.02 Å². The lowest BCUT2D eigenvalue weighted by atomic mass is 10.1. The minimum absolute atomic E-state index is 0.00771. The van der Waals surface area contributed by atoms with Crippen LogP contribution in [-0.4, -0.2) is 52.1 Å². The summed E-state index contributed by atoms with van der Waals surface area (Å²) in [5.41, 5.74) is 0.403. The molecule has 2 fully saturated rings. The van der Waals surface area contributed by atoms with Crippen molar-refractivity contribution in [3.63, 3.8) is 0 Å². The second-order valence-corrected chi connectivity index (χ2v) is 9.73. The van der Waals surface area contributed by atoms with Gasteiger partial charge in [0.15, 0.2) is 0 Å². The molecule has 0 radical (unpaired) electrons. The molecule has 0 bridgehead atoms. The standard InChI is InChI=1S/C26H29ClFN7O2/c27-17-7-9-19(22(36)15-17)23(37)30-21-10-8-18(16-20(21)28)29-24-31-25(34-11-3-1-4-12-34)33-26(32-24)35-13-5-2-6-14-35/h7-10,15-16,36H,1-6,11-14H2,(H,30,37)(H,29,31,32,33). The fraction of sp³-hybridized carbons (Fsp3) is 0.385. The number of rotatable bonds is 6. The predicted octanol–water partition coefficient (Wildman–Crippen LogP) is 5.35. The van der Waals surface area contributed by atoms with Crippen LogP contribution >= 0.6 is 11.6 Å². The van der Waals surface area contributed by atoms with Gasteiger partial charge in [0.1, 0.15) is 11.6 Å². The highest BCUT2D eigenvalue weighted by atomic mass is 35.5. The second-order valence-electron chi connectivity index (χ2n) is 9.29.